The van der Waals surface area contributed by atoms with Gasteiger partial charge in [0.15, 0.2) is 0 Å². The van der Waals surface area contributed by atoms with Crippen LogP contribution in [0.3, 0.4) is 0 Å². The highest BCUT2D eigenvalue weighted by Gasteiger charge is 1.99. The Morgan fingerprint density at radius 2 is 1.62 bits per heavy atom. The summed E-state index contributed by atoms with van der Waals surface area (Å²) in [6.07, 6.45) is 3.90. The van der Waals surface area contributed by atoms with Gasteiger partial charge in [0, 0.05) is 12.4 Å². The Bertz CT molecular complexity index is 388. The zero-order chi connectivity index (χ0) is 12.6. The van der Waals surface area contributed by atoms with Gasteiger partial charge in [-0.1, -0.05) is 47.6 Å². The second-order valence-electron chi connectivity index (χ2n) is 3.32. The molecule has 0 fully saturated rings. The number of pyridine rings is 1. The van der Waals surface area contributed by atoms with Crippen LogP contribution >= 0.6 is 0 Å². The summed E-state index contributed by atoms with van der Waals surface area (Å²) in [5, 5.41) is 4.18. The van der Waals surface area contributed by atoms with E-state index < -0.39 is 0 Å². The van der Waals surface area contributed by atoms with Gasteiger partial charge in [-0.15, -0.1) is 0 Å². The Morgan fingerprint density at radius 3 is 2.19 bits per heavy atom. The van der Waals surface area contributed by atoms with E-state index >= 15 is 0 Å². The monoisotopic (exact) mass is 220 g/mol. The van der Waals surface area contributed by atoms with Gasteiger partial charge in [-0.05, 0) is 23.6 Å². The molecule has 0 aliphatic heterocycles. The van der Waals surface area contributed by atoms with Crippen LogP contribution in [0, 0.1) is 0 Å². The van der Waals surface area contributed by atoms with Crippen molar-refractivity contribution in [2.75, 3.05) is 0 Å². The van der Waals surface area contributed by atoms with Crippen molar-refractivity contribution in [1.29, 1.82) is 0 Å². The Morgan fingerprint density at radius 1 is 1.00 bits per heavy atom. The first-order valence-electron chi connectivity index (χ1n) is 6.20. The average Bonchev–Trinajstić information content (AvgIpc) is 2.81. The molecule has 0 aromatic carbocycles. The average molecular weight is 220 g/mol. The molecular formula is C14H24N2. The van der Waals surface area contributed by atoms with E-state index in [1.807, 2.05) is 44.5 Å². The van der Waals surface area contributed by atoms with Gasteiger partial charge in [-0.3, -0.25) is 0 Å². The van der Waals surface area contributed by atoms with Crippen molar-refractivity contribution in [2.45, 2.75) is 47.5 Å². The standard InChI is InChI=1S/C10H12N2.2C2H6/c1-8(2)9-3-4-10-5-6-11-12(10)7-9;2*1-2/h3-8H,1-2H3;2*1-2H3. The molecule has 2 heteroatoms. The molecule has 0 unspecified atom stereocenters. The lowest BCUT2D eigenvalue weighted by Gasteiger charge is -2.04. The van der Waals surface area contributed by atoms with Crippen LogP contribution in [-0.4, -0.2) is 9.61 Å². The van der Waals surface area contributed by atoms with Crippen LogP contribution in [-0.2, 0) is 0 Å². The molecule has 0 aliphatic carbocycles. The van der Waals surface area contributed by atoms with Crippen molar-refractivity contribution in [2.24, 2.45) is 0 Å². The van der Waals surface area contributed by atoms with Gasteiger partial charge >= 0.3 is 0 Å². The summed E-state index contributed by atoms with van der Waals surface area (Å²) in [4.78, 5) is 0. The van der Waals surface area contributed by atoms with E-state index in [4.69, 9.17) is 0 Å². The molecule has 0 bridgehead atoms. The fourth-order valence-corrected chi connectivity index (χ4v) is 1.27. The van der Waals surface area contributed by atoms with Gasteiger partial charge in [-0.2, -0.15) is 5.10 Å². The second-order valence-corrected chi connectivity index (χ2v) is 3.32. The summed E-state index contributed by atoms with van der Waals surface area (Å²) in [6, 6.07) is 6.26. The lowest BCUT2D eigenvalue weighted by Crippen LogP contribution is -1.92. The van der Waals surface area contributed by atoms with Crippen LogP contribution < -0.4 is 0 Å². The third kappa shape index (κ3) is 3.69. The van der Waals surface area contributed by atoms with Gasteiger partial charge < -0.3 is 0 Å². The molecule has 90 valence electrons. The molecule has 0 N–H and O–H groups in total. The maximum absolute atomic E-state index is 4.18. The van der Waals surface area contributed by atoms with Crippen molar-refractivity contribution in [3.63, 3.8) is 0 Å². The lowest BCUT2D eigenvalue weighted by molar-refractivity contribution is 0.835. The number of fused-ring (bicyclic) bond motifs is 1. The van der Waals surface area contributed by atoms with E-state index in [2.05, 4.69) is 37.3 Å². The quantitative estimate of drug-likeness (QED) is 0.691. The highest BCUT2D eigenvalue weighted by molar-refractivity contribution is 5.46. The number of hydrogen-bond acceptors (Lipinski definition) is 1. The Labute approximate surface area is 99.3 Å². The molecule has 0 spiro atoms. The van der Waals surface area contributed by atoms with Crippen molar-refractivity contribution >= 4 is 5.52 Å². The molecule has 0 radical (unpaired) electrons. The summed E-state index contributed by atoms with van der Waals surface area (Å²) in [6.45, 7) is 12.4. The number of hydrogen-bond donors (Lipinski definition) is 0. The maximum Gasteiger partial charge on any atom is 0.0661 e. The summed E-state index contributed by atoms with van der Waals surface area (Å²) < 4.78 is 1.91. The van der Waals surface area contributed by atoms with Gasteiger partial charge in [0.05, 0.1) is 5.52 Å². The van der Waals surface area contributed by atoms with E-state index in [0.717, 1.165) is 5.52 Å². The van der Waals surface area contributed by atoms with E-state index in [9.17, 15) is 0 Å². The molecule has 0 amide bonds. The molecule has 16 heavy (non-hydrogen) atoms. The molecule has 0 saturated carbocycles. The normalized spacial score (nSPS) is 9.19. The topological polar surface area (TPSA) is 17.3 Å². The van der Waals surface area contributed by atoms with Crippen molar-refractivity contribution in [1.82, 2.24) is 9.61 Å². The molecule has 2 nitrogen and oxygen atoms in total. The van der Waals surface area contributed by atoms with E-state index in [-0.39, 0.29) is 0 Å². The molecule has 0 aliphatic rings. The van der Waals surface area contributed by atoms with Crippen LogP contribution in [0.25, 0.3) is 5.52 Å². The van der Waals surface area contributed by atoms with Crippen LogP contribution in [0.1, 0.15) is 53.0 Å². The number of aromatic nitrogens is 2. The van der Waals surface area contributed by atoms with Gasteiger partial charge in [0.25, 0.3) is 0 Å². The summed E-state index contributed by atoms with van der Waals surface area (Å²) >= 11 is 0. The maximum atomic E-state index is 4.18. The predicted octanol–water partition coefficient (Wildman–Crippen LogP) is 4.51. The fraction of sp³-hybridized carbons (Fsp3) is 0.500. The number of rotatable bonds is 1. The van der Waals surface area contributed by atoms with Crippen molar-refractivity contribution in [3.05, 3.63) is 36.2 Å². The minimum absolute atomic E-state index is 0.568. The second kappa shape index (κ2) is 7.91. The van der Waals surface area contributed by atoms with Crippen LogP contribution in [0.15, 0.2) is 30.6 Å². The molecule has 2 aromatic heterocycles. The van der Waals surface area contributed by atoms with E-state index in [1.165, 1.54) is 5.56 Å². The Balaban J connectivity index is 0.000000509. The molecule has 0 saturated heterocycles. The Kier molecular flexibility index (Phi) is 7.27. The van der Waals surface area contributed by atoms with Gasteiger partial charge in [-0.25, -0.2) is 4.52 Å². The first kappa shape index (κ1) is 14.7. The molecular weight excluding hydrogens is 196 g/mol. The minimum Gasteiger partial charge on any atom is -0.241 e. The van der Waals surface area contributed by atoms with Crippen LogP contribution in [0.4, 0.5) is 0 Å². The smallest absolute Gasteiger partial charge is 0.0661 e. The van der Waals surface area contributed by atoms with Crippen LogP contribution in [0.2, 0.25) is 0 Å². The molecule has 2 aromatic rings. The summed E-state index contributed by atoms with van der Waals surface area (Å²) in [5.41, 5.74) is 2.48. The Hall–Kier alpha value is -1.31. The highest BCUT2D eigenvalue weighted by atomic mass is 15.2. The molecule has 0 atom stereocenters. The first-order valence-corrected chi connectivity index (χ1v) is 6.20. The van der Waals surface area contributed by atoms with E-state index in [0.29, 0.717) is 5.92 Å². The third-order valence-corrected chi connectivity index (χ3v) is 2.09. The van der Waals surface area contributed by atoms with Crippen LogP contribution in [0.5, 0.6) is 0 Å². The first-order chi connectivity index (χ1) is 7.77. The number of nitrogens with zero attached hydrogens (tertiary/aromatic N) is 2. The fourth-order valence-electron chi connectivity index (χ4n) is 1.27. The van der Waals surface area contributed by atoms with Gasteiger partial charge in [0.2, 0.25) is 0 Å². The predicted molar refractivity (Wildman–Crippen MR) is 72.0 cm³/mol. The molecule has 2 rings (SSSR count). The van der Waals surface area contributed by atoms with E-state index in [1.54, 1.807) is 0 Å². The van der Waals surface area contributed by atoms with Crippen molar-refractivity contribution < 1.29 is 0 Å². The summed E-state index contributed by atoms with van der Waals surface area (Å²) in [7, 11) is 0. The lowest BCUT2D eigenvalue weighted by atomic mass is 10.1. The zero-order valence-corrected chi connectivity index (χ0v) is 11.4. The van der Waals surface area contributed by atoms with Gasteiger partial charge in [0.1, 0.15) is 0 Å². The minimum atomic E-state index is 0.568. The largest absolute Gasteiger partial charge is 0.241 e. The van der Waals surface area contributed by atoms with Crippen molar-refractivity contribution in [3.8, 4) is 0 Å². The SMILES string of the molecule is CC.CC.CC(C)c1ccc2ccnn2c1. The highest BCUT2D eigenvalue weighted by Crippen LogP contribution is 2.14. The summed E-state index contributed by atoms with van der Waals surface area (Å²) in [5.74, 6) is 0.568. The molecule has 2 heterocycles. The third-order valence-electron chi connectivity index (χ3n) is 2.09. The zero-order valence-electron chi connectivity index (χ0n) is 11.4.